The van der Waals surface area contributed by atoms with Gasteiger partial charge >= 0.3 is 0 Å². The second kappa shape index (κ2) is 9.14. The fraction of sp³-hybridized carbons (Fsp3) is 0.444. The van der Waals surface area contributed by atoms with Crippen LogP contribution < -0.4 is 10.5 Å². The van der Waals surface area contributed by atoms with Gasteiger partial charge in [0.15, 0.2) is 17.9 Å². The summed E-state index contributed by atoms with van der Waals surface area (Å²) in [5, 5.41) is 44.2. The van der Waals surface area contributed by atoms with E-state index in [-0.39, 0.29) is 40.8 Å². The minimum absolute atomic E-state index is 0.00780. The third kappa shape index (κ3) is 3.81. The summed E-state index contributed by atoms with van der Waals surface area (Å²) in [4.78, 5) is 39.6. The van der Waals surface area contributed by atoms with E-state index in [1.807, 2.05) is 0 Å². The van der Waals surface area contributed by atoms with Crippen molar-refractivity contribution in [1.82, 2.24) is 0 Å². The molecule has 3 aliphatic rings. The molecule has 202 valence electrons. The minimum Gasteiger partial charge on any atom is -0.507 e. The summed E-state index contributed by atoms with van der Waals surface area (Å²) in [5.41, 5.74) is 0.969. The Morgan fingerprint density at radius 2 is 1.82 bits per heavy atom. The lowest BCUT2D eigenvalue weighted by Crippen LogP contribution is -2.71. The summed E-state index contributed by atoms with van der Waals surface area (Å²) in [5.74, 6) is -3.11. The maximum Gasteiger partial charge on any atom is 0.202 e. The molecule has 0 unspecified atom stereocenters. The van der Waals surface area contributed by atoms with Gasteiger partial charge in [-0.1, -0.05) is 12.1 Å². The van der Waals surface area contributed by atoms with Crippen molar-refractivity contribution in [1.29, 1.82) is 0 Å². The van der Waals surface area contributed by atoms with Gasteiger partial charge in [0.1, 0.15) is 35.0 Å². The van der Waals surface area contributed by atoms with Gasteiger partial charge < -0.3 is 40.4 Å². The molecule has 0 radical (unpaired) electrons. The second-order valence-corrected chi connectivity index (χ2v) is 10.2. The van der Waals surface area contributed by atoms with E-state index < -0.39 is 82.6 Å². The van der Waals surface area contributed by atoms with Crippen molar-refractivity contribution in [3.63, 3.8) is 0 Å². The second-order valence-electron chi connectivity index (χ2n) is 10.2. The molecule has 5 rings (SSSR count). The first-order valence-electron chi connectivity index (χ1n) is 12.3. The van der Waals surface area contributed by atoms with Crippen LogP contribution in [0.25, 0.3) is 0 Å². The number of carbonyl (C=O) groups is 3. The largest absolute Gasteiger partial charge is 0.507 e. The van der Waals surface area contributed by atoms with E-state index in [1.165, 1.54) is 32.2 Å². The van der Waals surface area contributed by atoms with Crippen molar-refractivity contribution >= 4 is 17.3 Å². The molecule has 1 saturated heterocycles. The van der Waals surface area contributed by atoms with Crippen LogP contribution in [0.5, 0.6) is 17.2 Å². The van der Waals surface area contributed by atoms with Gasteiger partial charge in [0.05, 0.1) is 42.4 Å². The quantitative estimate of drug-likeness (QED) is 0.295. The third-order valence-corrected chi connectivity index (χ3v) is 7.87. The molecule has 1 heterocycles. The van der Waals surface area contributed by atoms with E-state index in [1.54, 1.807) is 6.92 Å². The first-order chi connectivity index (χ1) is 17.9. The Labute approximate surface area is 217 Å². The first kappa shape index (κ1) is 26.3. The van der Waals surface area contributed by atoms with Crippen molar-refractivity contribution in [3.8, 4) is 17.2 Å². The lowest BCUT2D eigenvalue weighted by atomic mass is 9.72. The molecule has 2 aliphatic carbocycles. The van der Waals surface area contributed by atoms with Crippen LogP contribution in [0.3, 0.4) is 0 Å². The van der Waals surface area contributed by atoms with Crippen molar-refractivity contribution in [2.45, 2.75) is 69.4 Å². The molecule has 0 aromatic heterocycles. The van der Waals surface area contributed by atoms with Crippen LogP contribution in [0.4, 0.5) is 0 Å². The van der Waals surface area contributed by atoms with Gasteiger partial charge in [-0.2, -0.15) is 0 Å². The minimum atomic E-state index is -1.98. The first-order valence-corrected chi connectivity index (χ1v) is 12.3. The Bertz CT molecular complexity index is 1360. The number of ketones is 3. The van der Waals surface area contributed by atoms with Crippen molar-refractivity contribution in [2.75, 3.05) is 7.11 Å². The van der Waals surface area contributed by atoms with E-state index in [9.17, 15) is 34.8 Å². The Balaban J connectivity index is 1.68. The maximum atomic E-state index is 13.6. The van der Waals surface area contributed by atoms with Crippen LogP contribution in [0, 0.1) is 0 Å². The van der Waals surface area contributed by atoms with Crippen molar-refractivity contribution in [3.05, 3.63) is 51.6 Å². The van der Waals surface area contributed by atoms with Crippen LogP contribution in [0.1, 0.15) is 75.8 Å². The highest BCUT2D eigenvalue weighted by Crippen LogP contribution is 2.52. The Hall–Kier alpha value is -3.35. The van der Waals surface area contributed by atoms with Gasteiger partial charge in [-0.05, 0) is 19.9 Å². The summed E-state index contributed by atoms with van der Waals surface area (Å²) < 4.78 is 17.1. The van der Waals surface area contributed by atoms with Gasteiger partial charge in [-0.3, -0.25) is 14.4 Å². The van der Waals surface area contributed by atoms with Gasteiger partial charge in [0.2, 0.25) is 5.78 Å². The zero-order chi connectivity index (χ0) is 27.7. The number of aromatic hydroxyl groups is 2. The number of hydrogen-bond donors (Lipinski definition) is 5. The predicted octanol–water partition coefficient (Wildman–Crippen LogP) is 0.312. The third-order valence-electron chi connectivity index (χ3n) is 7.87. The average Bonchev–Trinajstić information content (AvgIpc) is 2.87. The molecule has 7 N–H and O–H groups in total. The molecule has 0 bridgehead atoms. The van der Waals surface area contributed by atoms with Gasteiger partial charge in [0.25, 0.3) is 0 Å². The van der Waals surface area contributed by atoms with Gasteiger partial charge in [-0.15, -0.1) is 0 Å². The van der Waals surface area contributed by atoms with E-state index in [2.05, 4.69) is 5.73 Å². The van der Waals surface area contributed by atoms with E-state index >= 15 is 0 Å². The molecule has 38 heavy (non-hydrogen) atoms. The lowest BCUT2D eigenvalue weighted by molar-refractivity contribution is -0.466. The number of aliphatic hydroxyl groups excluding tert-OH is 1. The summed E-state index contributed by atoms with van der Waals surface area (Å²) in [6.07, 6.45) is -4.12. The van der Waals surface area contributed by atoms with E-state index in [0.29, 0.717) is 0 Å². The summed E-state index contributed by atoms with van der Waals surface area (Å²) in [6.45, 7) is 2.84. The van der Waals surface area contributed by atoms with Crippen molar-refractivity contribution in [2.24, 2.45) is 0 Å². The van der Waals surface area contributed by atoms with E-state index in [4.69, 9.17) is 14.2 Å². The van der Waals surface area contributed by atoms with Gasteiger partial charge in [0, 0.05) is 29.5 Å². The monoisotopic (exact) mass is 528 g/mol. The highest BCUT2D eigenvalue weighted by atomic mass is 16.7. The molecule has 11 heteroatoms. The number of methoxy groups -OCH3 is 1. The molecule has 0 spiro atoms. The zero-order valence-electron chi connectivity index (χ0n) is 21.2. The number of phenolic OH excluding ortho intramolecular Hbond substituents is 2. The maximum absolute atomic E-state index is 13.6. The standard InChI is InChI=1S/C27H29NO10/c1-10-22(30)14(28)7-17(37-10)38-16-9-27(35,11(2)29)8-13-19(16)26(34)21-20(24(13)32)23(31)12-5-4-6-15(36-3)18(12)25(21)33/h4-6,10,14,16-17,22,30,32,34-35H,7-9,28H2,1-3H3/p+1/t10-,14-,16+,17-,22+,27+/m1/s1. The zero-order valence-corrected chi connectivity index (χ0v) is 21.2. The number of fused-ring (bicyclic) bond motifs is 3. The van der Waals surface area contributed by atoms with E-state index in [0.717, 1.165) is 0 Å². The number of phenols is 2. The fourth-order valence-electron chi connectivity index (χ4n) is 5.72. The molecule has 6 atom stereocenters. The van der Waals surface area contributed by atoms with Crippen molar-refractivity contribution < 1.29 is 54.8 Å². The number of quaternary nitrogens is 1. The summed E-state index contributed by atoms with van der Waals surface area (Å²) >= 11 is 0. The molecule has 0 amide bonds. The Morgan fingerprint density at radius 3 is 2.45 bits per heavy atom. The number of hydrogen-bond acceptors (Lipinski definition) is 10. The number of benzene rings is 2. The van der Waals surface area contributed by atoms with Crippen LogP contribution >= 0.6 is 0 Å². The highest BCUT2D eigenvalue weighted by molar-refractivity contribution is 6.31. The molecular weight excluding hydrogens is 498 g/mol. The number of rotatable bonds is 4. The molecule has 1 aliphatic heterocycles. The van der Waals surface area contributed by atoms with Crippen LogP contribution in [0.15, 0.2) is 18.2 Å². The molecule has 0 saturated carbocycles. The highest BCUT2D eigenvalue weighted by Gasteiger charge is 2.49. The topological polar surface area (TPSA) is 187 Å². The normalized spacial score (nSPS) is 30.3. The Kier molecular flexibility index (Phi) is 6.32. The number of carbonyl (C=O) groups excluding carboxylic acids is 3. The van der Waals surface area contributed by atoms with Gasteiger partial charge in [-0.25, -0.2) is 0 Å². The number of Topliss-reactive ketones (excluding diaryl/α,β-unsaturated/α-hetero) is 1. The molecule has 11 nitrogen and oxygen atoms in total. The van der Waals surface area contributed by atoms with Crippen LogP contribution in [-0.2, 0) is 20.7 Å². The fourth-order valence-corrected chi connectivity index (χ4v) is 5.72. The summed E-state index contributed by atoms with van der Waals surface area (Å²) in [6, 6.07) is 4.01. The molecule has 2 aromatic rings. The molecule has 1 fully saturated rings. The number of ether oxygens (including phenoxy) is 3. The Morgan fingerprint density at radius 1 is 1.13 bits per heavy atom. The SMILES string of the molecule is COc1cccc2c1C(=O)c1c(O)c3c(c(O)c1C2=O)C[C@@](O)(C(C)=O)C[C@@H]3O[C@@H]1C[C@@H]([NH3+])[C@@H](O)[C@@H](C)O1. The average molecular weight is 529 g/mol. The lowest BCUT2D eigenvalue weighted by Gasteiger charge is -2.41. The smallest absolute Gasteiger partial charge is 0.202 e. The molecule has 2 aromatic carbocycles. The van der Waals surface area contributed by atoms with Crippen LogP contribution in [0.2, 0.25) is 0 Å². The molecular formula is C27H30NO10+. The van der Waals surface area contributed by atoms with Crippen LogP contribution in [-0.4, -0.2) is 75.0 Å². The predicted molar refractivity (Wildman–Crippen MR) is 129 cm³/mol. The summed E-state index contributed by atoms with van der Waals surface area (Å²) in [7, 11) is 1.34. The number of aliphatic hydroxyl groups is 2.